The molecule has 2 rings (SSSR count). The molecule has 0 aliphatic heterocycles. The zero-order chi connectivity index (χ0) is 15.3. The molecular weight excluding hydrogens is 326 g/mol. The minimum atomic E-state index is -3.46. The van der Waals surface area contributed by atoms with Crippen LogP contribution in [0, 0.1) is 6.92 Å². The molecule has 2 aromatic carbocycles. The molecule has 0 spiro atoms. The molecule has 3 nitrogen and oxygen atoms in total. The summed E-state index contributed by atoms with van der Waals surface area (Å²) in [6, 6.07) is 14.3. The lowest BCUT2D eigenvalue weighted by Gasteiger charge is -2.07. The summed E-state index contributed by atoms with van der Waals surface area (Å²) in [4.78, 5) is 1.36. The molecule has 0 saturated carbocycles. The highest BCUT2D eigenvalue weighted by molar-refractivity contribution is 7.99. The molecule has 0 atom stereocenters. The van der Waals surface area contributed by atoms with Crippen molar-refractivity contribution in [2.75, 3.05) is 12.3 Å². The van der Waals surface area contributed by atoms with Crippen LogP contribution >= 0.6 is 23.4 Å². The Kier molecular flexibility index (Phi) is 5.70. The van der Waals surface area contributed by atoms with Gasteiger partial charge in [-0.2, -0.15) is 0 Å². The molecule has 0 amide bonds. The van der Waals surface area contributed by atoms with Gasteiger partial charge >= 0.3 is 0 Å². The van der Waals surface area contributed by atoms with Crippen molar-refractivity contribution in [2.24, 2.45) is 0 Å². The minimum Gasteiger partial charge on any atom is -0.210 e. The van der Waals surface area contributed by atoms with E-state index in [0.717, 1.165) is 4.90 Å². The van der Waals surface area contributed by atoms with Gasteiger partial charge in [0.05, 0.1) is 4.90 Å². The molecule has 0 saturated heterocycles. The van der Waals surface area contributed by atoms with Crippen LogP contribution in [0.2, 0.25) is 5.02 Å². The first kappa shape index (κ1) is 16.4. The maximum Gasteiger partial charge on any atom is 0.240 e. The summed E-state index contributed by atoms with van der Waals surface area (Å²) in [5.41, 5.74) is 1.21. The van der Waals surface area contributed by atoms with Crippen LogP contribution in [-0.4, -0.2) is 20.7 Å². The highest BCUT2D eigenvalue weighted by Crippen LogP contribution is 2.18. The molecule has 0 fully saturated rings. The normalized spacial score (nSPS) is 11.5. The Bertz CT molecular complexity index is 683. The molecular formula is C15H16ClNO2S2. The van der Waals surface area contributed by atoms with Crippen LogP contribution in [0.4, 0.5) is 0 Å². The van der Waals surface area contributed by atoms with E-state index in [1.807, 2.05) is 31.2 Å². The van der Waals surface area contributed by atoms with Crippen molar-refractivity contribution >= 4 is 33.4 Å². The molecule has 21 heavy (non-hydrogen) atoms. The first-order valence-corrected chi connectivity index (χ1v) is 9.27. The van der Waals surface area contributed by atoms with Crippen LogP contribution in [-0.2, 0) is 10.0 Å². The van der Waals surface area contributed by atoms with Gasteiger partial charge < -0.3 is 0 Å². The average Bonchev–Trinajstić information content (AvgIpc) is 2.46. The Hall–Kier alpha value is -1.01. The van der Waals surface area contributed by atoms with E-state index >= 15 is 0 Å². The van der Waals surface area contributed by atoms with E-state index in [1.165, 1.54) is 17.7 Å². The molecule has 112 valence electrons. The molecule has 0 unspecified atom stereocenters. The number of hydrogen-bond donors (Lipinski definition) is 1. The van der Waals surface area contributed by atoms with E-state index in [-0.39, 0.29) is 4.90 Å². The summed E-state index contributed by atoms with van der Waals surface area (Å²) < 4.78 is 26.7. The minimum absolute atomic E-state index is 0.229. The first-order valence-electron chi connectivity index (χ1n) is 6.42. The first-order chi connectivity index (χ1) is 9.97. The molecule has 1 N–H and O–H groups in total. The van der Waals surface area contributed by atoms with Crippen LogP contribution < -0.4 is 4.72 Å². The SMILES string of the molecule is Cc1ccc(SCCNS(=O)(=O)c2ccc(Cl)cc2)cc1. The number of nitrogens with one attached hydrogen (secondary N) is 1. The molecule has 0 radical (unpaired) electrons. The van der Waals surface area contributed by atoms with Crippen molar-refractivity contribution in [3.63, 3.8) is 0 Å². The van der Waals surface area contributed by atoms with E-state index in [0.29, 0.717) is 17.3 Å². The van der Waals surface area contributed by atoms with Gasteiger partial charge in [0.15, 0.2) is 0 Å². The Balaban J connectivity index is 1.85. The lowest BCUT2D eigenvalue weighted by Crippen LogP contribution is -2.25. The zero-order valence-corrected chi connectivity index (χ0v) is 13.9. The lowest BCUT2D eigenvalue weighted by atomic mass is 10.2. The summed E-state index contributed by atoms with van der Waals surface area (Å²) in [6.45, 7) is 2.41. The highest BCUT2D eigenvalue weighted by atomic mass is 35.5. The van der Waals surface area contributed by atoms with Crippen molar-refractivity contribution in [3.8, 4) is 0 Å². The standard InChI is InChI=1S/C15H16ClNO2S2/c1-12-2-6-14(7-3-12)20-11-10-17-21(18,19)15-8-4-13(16)5-9-15/h2-9,17H,10-11H2,1H3. The molecule has 0 aliphatic rings. The fourth-order valence-electron chi connectivity index (χ4n) is 1.68. The van der Waals surface area contributed by atoms with Gasteiger partial charge in [-0.1, -0.05) is 29.3 Å². The number of thioether (sulfide) groups is 1. The van der Waals surface area contributed by atoms with E-state index in [2.05, 4.69) is 4.72 Å². The van der Waals surface area contributed by atoms with Gasteiger partial charge in [-0.05, 0) is 43.3 Å². The third-order valence-electron chi connectivity index (χ3n) is 2.81. The van der Waals surface area contributed by atoms with Crippen molar-refractivity contribution < 1.29 is 8.42 Å². The molecule has 2 aromatic rings. The quantitative estimate of drug-likeness (QED) is 0.643. The Morgan fingerprint density at radius 3 is 2.29 bits per heavy atom. The second kappa shape index (κ2) is 7.31. The average molecular weight is 342 g/mol. The monoisotopic (exact) mass is 341 g/mol. The van der Waals surface area contributed by atoms with Gasteiger partial charge in [-0.15, -0.1) is 11.8 Å². The number of hydrogen-bond acceptors (Lipinski definition) is 3. The molecule has 0 bridgehead atoms. The maximum absolute atomic E-state index is 12.0. The third kappa shape index (κ3) is 5.04. The van der Waals surface area contributed by atoms with Gasteiger partial charge in [0, 0.05) is 22.2 Å². The molecule has 6 heteroatoms. The van der Waals surface area contributed by atoms with E-state index in [9.17, 15) is 8.42 Å². The smallest absolute Gasteiger partial charge is 0.210 e. The van der Waals surface area contributed by atoms with Crippen LogP contribution in [0.15, 0.2) is 58.3 Å². The number of rotatable bonds is 6. The van der Waals surface area contributed by atoms with E-state index in [4.69, 9.17) is 11.6 Å². The molecule has 0 aliphatic carbocycles. The Morgan fingerprint density at radius 2 is 1.67 bits per heavy atom. The van der Waals surface area contributed by atoms with Crippen molar-refractivity contribution in [2.45, 2.75) is 16.7 Å². The largest absolute Gasteiger partial charge is 0.240 e. The van der Waals surface area contributed by atoms with Gasteiger partial charge in [0.1, 0.15) is 0 Å². The zero-order valence-electron chi connectivity index (χ0n) is 11.5. The number of benzene rings is 2. The number of halogens is 1. The van der Waals surface area contributed by atoms with Crippen LogP contribution in [0.3, 0.4) is 0 Å². The van der Waals surface area contributed by atoms with Gasteiger partial charge in [-0.25, -0.2) is 13.1 Å². The summed E-state index contributed by atoms with van der Waals surface area (Å²) in [5, 5.41) is 0.517. The fraction of sp³-hybridized carbons (Fsp3) is 0.200. The second-order valence-corrected chi connectivity index (χ2v) is 7.88. The second-order valence-electron chi connectivity index (χ2n) is 4.51. The van der Waals surface area contributed by atoms with E-state index < -0.39 is 10.0 Å². The van der Waals surface area contributed by atoms with Crippen molar-refractivity contribution in [1.29, 1.82) is 0 Å². The van der Waals surface area contributed by atoms with Crippen LogP contribution in [0.5, 0.6) is 0 Å². The predicted molar refractivity (Wildman–Crippen MR) is 88.5 cm³/mol. The predicted octanol–water partition coefficient (Wildman–Crippen LogP) is 3.72. The Morgan fingerprint density at radius 1 is 1.05 bits per heavy atom. The van der Waals surface area contributed by atoms with Crippen molar-refractivity contribution in [1.82, 2.24) is 4.72 Å². The van der Waals surface area contributed by atoms with Gasteiger partial charge in [-0.3, -0.25) is 0 Å². The highest BCUT2D eigenvalue weighted by Gasteiger charge is 2.12. The van der Waals surface area contributed by atoms with Gasteiger partial charge in [0.25, 0.3) is 0 Å². The van der Waals surface area contributed by atoms with Crippen LogP contribution in [0.25, 0.3) is 0 Å². The van der Waals surface area contributed by atoms with Crippen molar-refractivity contribution in [3.05, 3.63) is 59.1 Å². The fourth-order valence-corrected chi connectivity index (χ4v) is 3.73. The Labute approximate surface area is 134 Å². The number of sulfonamides is 1. The summed E-state index contributed by atoms with van der Waals surface area (Å²) in [5.74, 6) is 0.676. The lowest BCUT2D eigenvalue weighted by molar-refractivity contribution is 0.584. The van der Waals surface area contributed by atoms with Gasteiger partial charge in [0.2, 0.25) is 10.0 Å². The molecule has 0 heterocycles. The summed E-state index contributed by atoms with van der Waals surface area (Å²) in [7, 11) is -3.46. The summed E-state index contributed by atoms with van der Waals surface area (Å²) in [6.07, 6.45) is 0. The number of aryl methyl sites for hydroxylation is 1. The summed E-state index contributed by atoms with van der Waals surface area (Å²) >= 11 is 7.37. The topological polar surface area (TPSA) is 46.2 Å². The maximum atomic E-state index is 12.0. The molecule has 0 aromatic heterocycles. The van der Waals surface area contributed by atoms with E-state index in [1.54, 1.807) is 23.9 Å². The third-order valence-corrected chi connectivity index (χ3v) is 5.55. The van der Waals surface area contributed by atoms with Crippen LogP contribution in [0.1, 0.15) is 5.56 Å².